The lowest BCUT2D eigenvalue weighted by molar-refractivity contribution is -0.121. The molecule has 1 amide bonds. The predicted octanol–water partition coefficient (Wildman–Crippen LogP) is 5.90. The molecule has 0 radical (unpaired) electrons. The monoisotopic (exact) mass is 438 g/mol. The van der Waals surface area contributed by atoms with Crippen molar-refractivity contribution in [1.82, 2.24) is 5.43 Å². The second-order valence-electron chi connectivity index (χ2n) is 7.56. The molecule has 2 rings (SSSR count). The van der Waals surface area contributed by atoms with Gasteiger partial charge in [0.25, 0.3) is 0 Å². The number of hydrogen-bond donors (Lipinski definition) is 1. The van der Waals surface area contributed by atoms with Crippen LogP contribution < -0.4 is 14.9 Å². The first-order valence-electron chi connectivity index (χ1n) is 11.5. The van der Waals surface area contributed by atoms with Crippen molar-refractivity contribution in [3.63, 3.8) is 0 Å². The van der Waals surface area contributed by atoms with E-state index in [0.717, 1.165) is 18.4 Å². The van der Waals surface area contributed by atoms with Gasteiger partial charge in [-0.05, 0) is 49.2 Å². The zero-order valence-electron chi connectivity index (χ0n) is 19.1. The van der Waals surface area contributed by atoms with Crippen LogP contribution in [0, 0.1) is 0 Å². The molecule has 0 heterocycles. The number of unbranched alkanes of at least 4 members (excludes halogenated alkanes) is 6. The molecule has 6 nitrogen and oxygen atoms in total. The first-order chi connectivity index (χ1) is 15.6. The molecular weight excluding hydrogens is 404 g/mol. The van der Waals surface area contributed by atoms with Gasteiger partial charge in [-0.15, -0.1) is 0 Å². The van der Waals surface area contributed by atoms with E-state index in [-0.39, 0.29) is 5.91 Å². The highest BCUT2D eigenvalue weighted by Crippen LogP contribution is 2.29. The summed E-state index contributed by atoms with van der Waals surface area (Å²) in [5.74, 6) is 0.231. The number of hydrazone groups is 1. The fourth-order valence-corrected chi connectivity index (χ4v) is 3.17. The Morgan fingerprint density at radius 1 is 0.906 bits per heavy atom. The number of amides is 1. The standard InChI is InChI=1S/C26H34N2O4/c1-3-5-6-7-8-9-13-16-25(29)28-27-20-21-17-18-23(24(19-21)31-4-2)32-26(30)22-14-11-10-12-15-22/h10-12,14-15,17-20H,3-9,13,16H2,1-2H3,(H,28,29). The summed E-state index contributed by atoms with van der Waals surface area (Å²) in [5, 5.41) is 4.03. The van der Waals surface area contributed by atoms with E-state index in [1.54, 1.807) is 48.7 Å². The molecule has 172 valence electrons. The minimum Gasteiger partial charge on any atom is -0.490 e. The molecule has 0 fully saturated rings. The smallest absolute Gasteiger partial charge is 0.343 e. The molecule has 0 bridgehead atoms. The molecule has 1 N–H and O–H groups in total. The zero-order valence-corrected chi connectivity index (χ0v) is 19.1. The Kier molecular flexibility index (Phi) is 11.6. The number of carbonyl (C=O) groups is 2. The van der Waals surface area contributed by atoms with Gasteiger partial charge in [0, 0.05) is 6.42 Å². The molecule has 0 saturated carbocycles. The van der Waals surface area contributed by atoms with Crippen LogP contribution in [-0.2, 0) is 4.79 Å². The van der Waals surface area contributed by atoms with Crippen molar-refractivity contribution in [3.05, 3.63) is 59.7 Å². The molecule has 0 spiro atoms. The van der Waals surface area contributed by atoms with Crippen molar-refractivity contribution in [2.45, 2.75) is 65.2 Å². The average molecular weight is 439 g/mol. The lowest BCUT2D eigenvalue weighted by atomic mass is 10.1. The molecule has 6 heteroatoms. The molecule has 0 aliphatic carbocycles. The molecule has 2 aromatic rings. The molecule has 2 aromatic carbocycles. The molecule has 32 heavy (non-hydrogen) atoms. The number of nitrogens with zero attached hydrogens (tertiary/aromatic N) is 1. The molecule has 0 unspecified atom stereocenters. The summed E-state index contributed by atoms with van der Waals surface area (Å²) in [6, 6.07) is 13.9. The van der Waals surface area contributed by atoms with Gasteiger partial charge in [-0.2, -0.15) is 5.10 Å². The van der Waals surface area contributed by atoms with E-state index in [2.05, 4.69) is 17.5 Å². The average Bonchev–Trinajstić information content (AvgIpc) is 2.81. The summed E-state index contributed by atoms with van der Waals surface area (Å²) in [6.07, 6.45) is 10.2. The highest BCUT2D eigenvalue weighted by Gasteiger charge is 2.13. The van der Waals surface area contributed by atoms with Crippen LogP contribution in [0.5, 0.6) is 11.5 Å². The van der Waals surface area contributed by atoms with Crippen molar-refractivity contribution in [1.29, 1.82) is 0 Å². The van der Waals surface area contributed by atoms with Crippen LogP contribution in [-0.4, -0.2) is 24.7 Å². The molecule has 0 atom stereocenters. The first kappa shape index (κ1) is 25.1. The third-order valence-corrected chi connectivity index (χ3v) is 4.89. The molecule has 0 aromatic heterocycles. The van der Waals surface area contributed by atoms with E-state index in [0.29, 0.717) is 30.1 Å². The first-order valence-corrected chi connectivity index (χ1v) is 11.5. The van der Waals surface area contributed by atoms with Crippen molar-refractivity contribution < 1.29 is 19.1 Å². The molecule has 0 saturated heterocycles. The van der Waals surface area contributed by atoms with Crippen LogP contribution in [0.1, 0.15) is 81.1 Å². The highest BCUT2D eigenvalue weighted by molar-refractivity contribution is 5.91. The Hall–Kier alpha value is -3.15. The Morgan fingerprint density at radius 2 is 1.62 bits per heavy atom. The number of hydrogen-bond acceptors (Lipinski definition) is 5. The van der Waals surface area contributed by atoms with E-state index in [1.165, 1.54) is 32.1 Å². The summed E-state index contributed by atoms with van der Waals surface area (Å²) in [7, 11) is 0. The van der Waals surface area contributed by atoms with Crippen LogP contribution in [0.3, 0.4) is 0 Å². The summed E-state index contributed by atoms with van der Waals surface area (Å²) in [5.41, 5.74) is 3.75. The number of esters is 1. The lowest BCUT2D eigenvalue weighted by Gasteiger charge is -2.11. The number of benzene rings is 2. The maximum absolute atomic E-state index is 12.3. The van der Waals surface area contributed by atoms with Gasteiger partial charge in [-0.25, -0.2) is 10.2 Å². The summed E-state index contributed by atoms with van der Waals surface area (Å²) >= 11 is 0. The molecule has 0 aliphatic heterocycles. The van der Waals surface area contributed by atoms with Gasteiger partial charge in [0.05, 0.1) is 18.4 Å². The van der Waals surface area contributed by atoms with Gasteiger partial charge in [0.15, 0.2) is 11.5 Å². The maximum Gasteiger partial charge on any atom is 0.343 e. The zero-order chi connectivity index (χ0) is 23.0. The maximum atomic E-state index is 12.3. The van der Waals surface area contributed by atoms with Gasteiger partial charge in [0.2, 0.25) is 5.91 Å². The Morgan fingerprint density at radius 3 is 2.34 bits per heavy atom. The van der Waals surface area contributed by atoms with Gasteiger partial charge in [-0.3, -0.25) is 4.79 Å². The minimum atomic E-state index is -0.453. The third kappa shape index (κ3) is 9.33. The molecular formula is C26H34N2O4. The number of rotatable bonds is 14. The Balaban J connectivity index is 1.84. The summed E-state index contributed by atoms with van der Waals surface area (Å²) in [4.78, 5) is 24.3. The molecule has 0 aliphatic rings. The fraction of sp³-hybridized carbons (Fsp3) is 0.423. The largest absolute Gasteiger partial charge is 0.490 e. The fourth-order valence-electron chi connectivity index (χ4n) is 3.17. The van der Waals surface area contributed by atoms with E-state index in [9.17, 15) is 9.59 Å². The number of nitrogens with one attached hydrogen (secondary N) is 1. The lowest BCUT2D eigenvalue weighted by Crippen LogP contribution is -2.16. The third-order valence-electron chi connectivity index (χ3n) is 4.89. The Bertz CT molecular complexity index is 865. The summed E-state index contributed by atoms with van der Waals surface area (Å²) in [6.45, 7) is 4.48. The minimum absolute atomic E-state index is 0.0896. The predicted molar refractivity (Wildman–Crippen MR) is 127 cm³/mol. The van der Waals surface area contributed by atoms with E-state index in [4.69, 9.17) is 9.47 Å². The number of ether oxygens (including phenoxy) is 2. The topological polar surface area (TPSA) is 77.0 Å². The van der Waals surface area contributed by atoms with Gasteiger partial charge in [-0.1, -0.05) is 63.6 Å². The summed E-state index contributed by atoms with van der Waals surface area (Å²) < 4.78 is 11.1. The normalized spacial score (nSPS) is 10.8. The van der Waals surface area contributed by atoms with Crippen molar-refractivity contribution >= 4 is 18.1 Å². The van der Waals surface area contributed by atoms with Crippen LogP contribution >= 0.6 is 0 Å². The second kappa shape index (κ2) is 14.8. The van der Waals surface area contributed by atoms with Crippen molar-refractivity contribution in [3.8, 4) is 11.5 Å². The van der Waals surface area contributed by atoms with E-state index < -0.39 is 5.97 Å². The van der Waals surface area contributed by atoms with E-state index in [1.807, 2.05) is 13.0 Å². The van der Waals surface area contributed by atoms with Crippen LogP contribution in [0.4, 0.5) is 0 Å². The van der Waals surface area contributed by atoms with Crippen LogP contribution in [0.25, 0.3) is 0 Å². The quantitative estimate of drug-likeness (QED) is 0.131. The van der Waals surface area contributed by atoms with Crippen molar-refractivity contribution in [2.24, 2.45) is 5.10 Å². The van der Waals surface area contributed by atoms with Crippen LogP contribution in [0.2, 0.25) is 0 Å². The SMILES string of the molecule is CCCCCCCCCC(=O)NN=Cc1ccc(OC(=O)c2ccccc2)c(OCC)c1. The van der Waals surface area contributed by atoms with E-state index >= 15 is 0 Å². The number of carbonyl (C=O) groups excluding carboxylic acids is 2. The van der Waals surface area contributed by atoms with Gasteiger partial charge in [0.1, 0.15) is 0 Å². The van der Waals surface area contributed by atoms with Crippen molar-refractivity contribution in [2.75, 3.05) is 6.61 Å². The highest BCUT2D eigenvalue weighted by atomic mass is 16.6. The Labute approximate surface area is 191 Å². The van der Waals surface area contributed by atoms with Gasteiger partial charge < -0.3 is 9.47 Å². The second-order valence-corrected chi connectivity index (χ2v) is 7.56. The van der Waals surface area contributed by atoms with Gasteiger partial charge >= 0.3 is 5.97 Å². The van der Waals surface area contributed by atoms with Crippen LogP contribution in [0.15, 0.2) is 53.6 Å².